The average molecular weight is 428 g/mol. The van der Waals surface area contributed by atoms with Gasteiger partial charge in [0.25, 0.3) is 0 Å². The molecule has 6 heteroatoms. The Hall–Kier alpha value is -3.41. The van der Waals surface area contributed by atoms with Gasteiger partial charge in [-0.25, -0.2) is 0 Å². The van der Waals surface area contributed by atoms with Crippen molar-refractivity contribution >= 4 is 16.8 Å². The van der Waals surface area contributed by atoms with Crippen molar-refractivity contribution in [1.29, 1.82) is 0 Å². The molecule has 0 fully saturated rings. The van der Waals surface area contributed by atoms with E-state index in [0.717, 1.165) is 40.4 Å². The number of nitrogens with zero attached hydrogens (tertiary/aromatic N) is 4. The molecule has 1 aromatic carbocycles. The van der Waals surface area contributed by atoms with Crippen molar-refractivity contribution in [3.63, 3.8) is 0 Å². The molecule has 1 N–H and O–H groups in total. The number of fused-ring (bicyclic) bond motifs is 3. The highest BCUT2D eigenvalue weighted by atomic mass is 16.2. The smallest absolute Gasteiger partial charge is 0.223 e. The van der Waals surface area contributed by atoms with Crippen LogP contribution in [0.4, 0.5) is 0 Å². The Morgan fingerprint density at radius 3 is 2.69 bits per heavy atom. The summed E-state index contributed by atoms with van der Waals surface area (Å²) in [5.74, 6) is 0.158. The van der Waals surface area contributed by atoms with E-state index in [9.17, 15) is 4.79 Å². The molecule has 0 aliphatic carbocycles. The molecular formula is C26H29N5O. The molecule has 32 heavy (non-hydrogen) atoms. The molecule has 1 aliphatic rings. The lowest BCUT2D eigenvalue weighted by Crippen LogP contribution is -2.41. The first kappa shape index (κ1) is 20.5. The molecule has 0 radical (unpaired) electrons. The molecule has 1 atom stereocenters. The quantitative estimate of drug-likeness (QED) is 0.527. The van der Waals surface area contributed by atoms with E-state index < -0.39 is 0 Å². The van der Waals surface area contributed by atoms with Gasteiger partial charge >= 0.3 is 0 Å². The summed E-state index contributed by atoms with van der Waals surface area (Å²) in [6.45, 7) is 6.78. The largest absolute Gasteiger partial charge is 0.356 e. The van der Waals surface area contributed by atoms with E-state index in [2.05, 4.69) is 35.2 Å². The van der Waals surface area contributed by atoms with Crippen LogP contribution in [0.1, 0.15) is 52.1 Å². The second-order valence-corrected chi connectivity index (χ2v) is 8.78. The van der Waals surface area contributed by atoms with Crippen LogP contribution in [0.5, 0.6) is 0 Å². The third-order valence-electron chi connectivity index (χ3n) is 6.79. The monoisotopic (exact) mass is 427 g/mol. The normalized spacial score (nSPS) is 15.9. The second kappa shape index (κ2) is 7.93. The van der Waals surface area contributed by atoms with E-state index >= 15 is 0 Å². The van der Waals surface area contributed by atoms with E-state index in [1.807, 2.05) is 54.7 Å². The fraction of sp³-hybridized carbons (Fsp3) is 0.346. The summed E-state index contributed by atoms with van der Waals surface area (Å²) in [6, 6.07) is 14.3. The summed E-state index contributed by atoms with van der Waals surface area (Å²) in [4.78, 5) is 24.0. The molecule has 1 amide bonds. The Kier molecular flexibility index (Phi) is 5.08. The first-order chi connectivity index (χ1) is 15.4. The third kappa shape index (κ3) is 3.40. The standard InChI is InChI=1S/C26H29N5O/c1-16-8-7-11-23(27-16)26-25-21(20-9-5-6-10-22(20)28-25)14-15-31(26)24(32)13-12-19-17(2)29-30(4)18(19)3/h5-11,26,28H,12-15H2,1-4H3/t26-/m0/s1. The lowest BCUT2D eigenvalue weighted by atomic mass is 9.94. The Labute approximate surface area is 188 Å². The number of pyridine rings is 1. The number of carbonyl (C=O) groups is 1. The number of aryl methyl sites for hydroxylation is 3. The number of amides is 1. The number of H-pyrrole nitrogens is 1. The van der Waals surface area contributed by atoms with Crippen molar-refractivity contribution in [2.45, 2.75) is 46.1 Å². The molecule has 0 unspecified atom stereocenters. The lowest BCUT2D eigenvalue weighted by molar-refractivity contribution is -0.133. The van der Waals surface area contributed by atoms with Gasteiger partial charge in [-0.3, -0.25) is 14.5 Å². The number of rotatable bonds is 4. The van der Waals surface area contributed by atoms with Gasteiger partial charge in [0.15, 0.2) is 0 Å². The highest BCUT2D eigenvalue weighted by molar-refractivity contribution is 5.86. The Balaban J connectivity index is 1.51. The Morgan fingerprint density at radius 1 is 1.12 bits per heavy atom. The van der Waals surface area contributed by atoms with Gasteiger partial charge in [-0.15, -0.1) is 0 Å². The summed E-state index contributed by atoms with van der Waals surface area (Å²) in [7, 11) is 1.95. The van der Waals surface area contributed by atoms with Crippen LogP contribution in [0.3, 0.4) is 0 Å². The van der Waals surface area contributed by atoms with Gasteiger partial charge in [0.05, 0.1) is 11.4 Å². The van der Waals surface area contributed by atoms with Crippen molar-refractivity contribution < 1.29 is 4.79 Å². The van der Waals surface area contributed by atoms with E-state index in [0.29, 0.717) is 19.4 Å². The van der Waals surface area contributed by atoms with Gasteiger partial charge in [-0.2, -0.15) is 5.10 Å². The minimum atomic E-state index is -0.199. The van der Waals surface area contributed by atoms with Crippen LogP contribution in [-0.2, 0) is 24.7 Å². The van der Waals surface area contributed by atoms with E-state index in [1.165, 1.54) is 16.5 Å². The SMILES string of the molecule is Cc1cccc([C@H]2c3[nH]c4ccccc4c3CCN2C(=O)CCc2c(C)nn(C)c2C)n1. The van der Waals surface area contributed by atoms with Gasteiger partial charge < -0.3 is 9.88 Å². The number of hydrogen-bond donors (Lipinski definition) is 1. The summed E-state index contributed by atoms with van der Waals surface area (Å²) < 4.78 is 1.90. The zero-order chi connectivity index (χ0) is 22.4. The minimum Gasteiger partial charge on any atom is -0.356 e. The first-order valence-electron chi connectivity index (χ1n) is 11.3. The van der Waals surface area contributed by atoms with Gasteiger partial charge in [0, 0.05) is 48.0 Å². The van der Waals surface area contributed by atoms with Crippen LogP contribution < -0.4 is 0 Å². The van der Waals surface area contributed by atoms with Gasteiger partial charge in [0.1, 0.15) is 6.04 Å². The number of carbonyl (C=O) groups excluding carboxylic acids is 1. The van der Waals surface area contributed by atoms with E-state index in [4.69, 9.17) is 4.98 Å². The Morgan fingerprint density at radius 2 is 1.94 bits per heavy atom. The van der Waals surface area contributed by atoms with Crippen LogP contribution in [0.25, 0.3) is 10.9 Å². The molecule has 0 spiro atoms. The van der Waals surface area contributed by atoms with Crippen LogP contribution in [-0.4, -0.2) is 37.1 Å². The van der Waals surface area contributed by atoms with Crippen molar-refractivity contribution in [2.24, 2.45) is 7.05 Å². The molecule has 1 aliphatic heterocycles. The fourth-order valence-corrected chi connectivity index (χ4v) is 5.09. The van der Waals surface area contributed by atoms with Crippen LogP contribution in [0.15, 0.2) is 42.5 Å². The first-order valence-corrected chi connectivity index (χ1v) is 11.3. The van der Waals surface area contributed by atoms with Crippen molar-refractivity contribution in [1.82, 2.24) is 24.6 Å². The van der Waals surface area contributed by atoms with Gasteiger partial charge in [-0.1, -0.05) is 24.3 Å². The van der Waals surface area contributed by atoms with Gasteiger partial charge in [-0.05, 0) is 62.9 Å². The maximum atomic E-state index is 13.6. The molecule has 5 rings (SSSR count). The summed E-state index contributed by atoms with van der Waals surface area (Å²) in [6.07, 6.45) is 2.01. The zero-order valence-corrected chi connectivity index (χ0v) is 19.1. The molecule has 0 saturated carbocycles. The minimum absolute atomic E-state index is 0.158. The van der Waals surface area contributed by atoms with Crippen LogP contribution in [0.2, 0.25) is 0 Å². The predicted octanol–water partition coefficient (Wildman–Crippen LogP) is 4.33. The van der Waals surface area contributed by atoms with Crippen molar-refractivity contribution in [3.8, 4) is 0 Å². The molecule has 4 aromatic rings. The van der Waals surface area contributed by atoms with Crippen molar-refractivity contribution in [3.05, 3.63) is 82.1 Å². The molecule has 0 saturated heterocycles. The van der Waals surface area contributed by atoms with E-state index in [-0.39, 0.29) is 11.9 Å². The molecule has 164 valence electrons. The van der Waals surface area contributed by atoms with E-state index in [1.54, 1.807) is 0 Å². The summed E-state index contributed by atoms with van der Waals surface area (Å²) >= 11 is 0. The maximum Gasteiger partial charge on any atom is 0.223 e. The highest BCUT2D eigenvalue weighted by Crippen LogP contribution is 2.38. The van der Waals surface area contributed by atoms with Crippen molar-refractivity contribution in [2.75, 3.05) is 6.54 Å². The lowest BCUT2D eigenvalue weighted by Gasteiger charge is -2.36. The summed E-state index contributed by atoms with van der Waals surface area (Å²) in [5.41, 5.74) is 8.70. The second-order valence-electron chi connectivity index (χ2n) is 8.78. The molecule has 4 heterocycles. The Bertz CT molecular complexity index is 1320. The number of nitrogens with one attached hydrogen (secondary N) is 1. The molecular weight excluding hydrogens is 398 g/mol. The summed E-state index contributed by atoms with van der Waals surface area (Å²) in [5, 5.41) is 5.75. The highest BCUT2D eigenvalue weighted by Gasteiger charge is 2.35. The third-order valence-corrected chi connectivity index (χ3v) is 6.79. The number of aromatic amines is 1. The topological polar surface area (TPSA) is 66.8 Å². The molecule has 0 bridgehead atoms. The van der Waals surface area contributed by atoms with Gasteiger partial charge in [0.2, 0.25) is 5.91 Å². The number of para-hydroxylation sites is 1. The molecule has 3 aromatic heterocycles. The number of benzene rings is 1. The zero-order valence-electron chi connectivity index (χ0n) is 19.1. The van der Waals surface area contributed by atoms with Crippen LogP contribution in [0, 0.1) is 20.8 Å². The maximum absolute atomic E-state index is 13.6. The number of aromatic nitrogens is 4. The van der Waals surface area contributed by atoms with Crippen LogP contribution >= 0.6 is 0 Å². The number of hydrogen-bond acceptors (Lipinski definition) is 3. The molecule has 6 nitrogen and oxygen atoms in total. The fourth-order valence-electron chi connectivity index (χ4n) is 5.09. The average Bonchev–Trinajstić information content (AvgIpc) is 3.27. The predicted molar refractivity (Wildman–Crippen MR) is 126 cm³/mol.